The lowest BCUT2D eigenvalue weighted by atomic mass is 10.1. The minimum atomic E-state index is -0.0724. The van der Waals surface area contributed by atoms with Crippen molar-refractivity contribution in [1.82, 2.24) is 9.88 Å². The number of carbonyl (C=O) groups is 1. The molecule has 0 bridgehead atoms. The Hall–Kier alpha value is -1.72. The summed E-state index contributed by atoms with van der Waals surface area (Å²) in [6, 6.07) is 7.81. The molecule has 0 amide bonds. The number of aromatic amines is 1. The van der Waals surface area contributed by atoms with E-state index in [4.69, 9.17) is 17.0 Å². The Balaban J connectivity index is 1.95. The monoisotopic (exact) mass is 288 g/mol. The normalized spacial score (nSPS) is 15.6. The zero-order chi connectivity index (χ0) is 14.1. The van der Waals surface area contributed by atoms with Crippen LogP contribution in [0.3, 0.4) is 0 Å². The molecule has 1 saturated heterocycles. The Kier molecular flexibility index (Phi) is 3.54. The molecule has 104 valence electrons. The minimum absolute atomic E-state index is 0.0724. The molecule has 0 radical (unpaired) electrons. The van der Waals surface area contributed by atoms with Crippen LogP contribution >= 0.6 is 12.2 Å². The van der Waals surface area contributed by atoms with Crippen molar-refractivity contribution in [2.24, 2.45) is 0 Å². The summed E-state index contributed by atoms with van der Waals surface area (Å²) in [6.07, 6.45) is 0. The zero-order valence-corrected chi connectivity index (χ0v) is 12.1. The minimum Gasteiger partial charge on any atom is -0.378 e. The van der Waals surface area contributed by atoms with Gasteiger partial charge in [0.25, 0.3) is 0 Å². The molecule has 4 nitrogen and oxygen atoms in total. The highest BCUT2D eigenvalue weighted by molar-refractivity contribution is 7.82. The van der Waals surface area contributed by atoms with E-state index in [-0.39, 0.29) is 5.78 Å². The average molecular weight is 288 g/mol. The van der Waals surface area contributed by atoms with Gasteiger partial charge in [0, 0.05) is 29.7 Å². The molecule has 1 fully saturated rings. The summed E-state index contributed by atoms with van der Waals surface area (Å²) >= 11 is 5.37. The van der Waals surface area contributed by atoms with Crippen molar-refractivity contribution in [3.8, 4) is 0 Å². The number of aromatic nitrogens is 1. The molecule has 5 heteroatoms. The number of ether oxygens (including phenoxy) is 1. The predicted octanol–water partition coefficient (Wildman–Crippen LogP) is 2.32. The second-order valence-electron chi connectivity index (χ2n) is 4.90. The molecule has 1 aromatic carbocycles. The smallest absolute Gasteiger partial charge is 0.222 e. The van der Waals surface area contributed by atoms with Crippen LogP contribution in [-0.2, 0) is 4.74 Å². The van der Waals surface area contributed by atoms with Gasteiger partial charge in [-0.25, -0.2) is 0 Å². The molecule has 0 spiro atoms. The Morgan fingerprint density at radius 2 is 2.00 bits per heavy atom. The van der Waals surface area contributed by atoms with Crippen LogP contribution in [0.1, 0.15) is 16.1 Å². The summed E-state index contributed by atoms with van der Waals surface area (Å²) in [4.78, 5) is 18.3. The maximum atomic E-state index is 12.7. The molecule has 0 unspecified atom stereocenters. The third-order valence-electron chi connectivity index (χ3n) is 3.61. The number of Topliss-reactive ketones (excluding diaryl/α,β-unsaturated/α-hetero) is 1. The number of H-pyrrole nitrogens is 1. The number of nitrogens with zero attached hydrogens (tertiary/aromatic N) is 1. The number of fused-ring (bicyclic) bond motifs is 1. The highest BCUT2D eigenvalue weighted by atomic mass is 32.1. The molecule has 0 aliphatic carbocycles. The quantitative estimate of drug-likeness (QED) is 0.680. The largest absolute Gasteiger partial charge is 0.378 e. The van der Waals surface area contributed by atoms with E-state index in [1.165, 1.54) is 0 Å². The molecule has 2 heterocycles. The van der Waals surface area contributed by atoms with Gasteiger partial charge in [-0.3, -0.25) is 4.79 Å². The van der Waals surface area contributed by atoms with Gasteiger partial charge in [-0.15, -0.1) is 0 Å². The van der Waals surface area contributed by atoms with E-state index in [9.17, 15) is 4.79 Å². The summed E-state index contributed by atoms with van der Waals surface area (Å²) in [6.45, 7) is 4.54. The predicted molar refractivity (Wildman–Crippen MR) is 82.4 cm³/mol. The van der Waals surface area contributed by atoms with Crippen LogP contribution in [0.5, 0.6) is 0 Å². The Morgan fingerprint density at radius 3 is 2.75 bits per heavy atom. The molecule has 1 aliphatic heterocycles. The molecule has 1 N–H and O–H groups in total. The second kappa shape index (κ2) is 5.34. The van der Waals surface area contributed by atoms with E-state index in [0.29, 0.717) is 36.9 Å². The van der Waals surface area contributed by atoms with Crippen LogP contribution in [0.25, 0.3) is 10.9 Å². The summed E-state index contributed by atoms with van der Waals surface area (Å²) in [5, 5.41) is 0.936. The van der Waals surface area contributed by atoms with E-state index < -0.39 is 0 Å². The summed E-state index contributed by atoms with van der Waals surface area (Å²) in [5.41, 5.74) is 2.53. The molecule has 3 rings (SSSR count). The van der Waals surface area contributed by atoms with Crippen molar-refractivity contribution >= 4 is 33.9 Å². The first-order valence-electron chi connectivity index (χ1n) is 6.67. The van der Waals surface area contributed by atoms with Crippen molar-refractivity contribution in [2.45, 2.75) is 6.92 Å². The Bertz CT molecular complexity index is 672. The van der Waals surface area contributed by atoms with Crippen LogP contribution in [0.4, 0.5) is 0 Å². The van der Waals surface area contributed by atoms with Crippen LogP contribution < -0.4 is 0 Å². The topological polar surface area (TPSA) is 45.3 Å². The third-order valence-corrected chi connectivity index (χ3v) is 4.06. The van der Waals surface area contributed by atoms with Crippen molar-refractivity contribution < 1.29 is 9.53 Å². The lowest BCUT2D eigenvalue weighted by molar-refractivity contribution is 0.0670. The fourth-order valence-electron chi connectivity index (χ4n) is 2.59. The second-order valence-corrected chi connectivity index (χ2v) is 5.29. The SMILES string of the molecule is Cc1[nH]c2ccccc2c1C(=O)C(=S)N1CCOCC1. The number of hydrogen-bond acceptors (Lipinski definition) is 3. The number of nitrogens with one attached hydrogen (secondary N) is 1. The van der Waals surface area contributed by atoms with Crippen LogP contribution in [0.2, 0.25) is 0 Å². The van der Waals surface area contributed by atoms with Gasteiger partial charge in [0.15, 0.2) is 4.99 Å². The van der Waals surface area contributed by atoms with Gasteiger partial charge in [0.2, 0.25) is 5.78 Å². The van der Waals surface area contributed by atoms with Crippen molar-refractivity contribution in [1.29, 1.82) is 0 Å². The number of aryl methyl sites for hydroxylation is 1. The molecule has 0 saturated carbocycles. The lowest BCUT2D eigenvalue weighted by Crippen LogP contribution is -2.43. The first kappa shape index (κ1) is 13.3. The summed E-state index contributed by atoms with van der Waals surface area (Å²) in [5.74, 6) is -0.0724. The molecule has 1 aromatic heterocycles. The number of thiocarbonyl (C=S) groups is 1. The van der Waals surface area contributed by atoms with Crippen LogP contribution in [0.15, 0.2) is 24.3 Å². The fourth-order valence-corrected chi connectivity index (χ4v) is 2.87. The first-order valence-corrected chi connectivity index (χ1v) is 7.08. The van der Waals surface area contributed by atoms with Crippen molar-refractivity contribution in [3.63, 3.8) is 0 Å². The fraction of sp³-hybridized carbons (Fsp3) is 0.333. The Labute approximate surface area is 122 Å². The number of benzene rings is 1. The van der Waals surface area contributed by atoms with Gasteiger partial charge < -0.3 is 14.6 Å². The number of hydrogen-bond donors (Lipinski definition) is 1. The van der Waals surface area contributed by atoms with Gasteiger partial charge >= 0.3 is 0 Å². The van der Waals surface area contributed by atoms with Crippen LogP contribution in [0, 0.1) is 6.92 Å². The van der Waals surface area contributed by atoms with Gasteiger partial charge in [0.1, 0.15) is 0 Å². The van der Waals surface area contributed by atoms with Crippen molar-refractivity contribution in [3.05, 3.63) is 35.5 Å². The molecule has 20 heavy (non-hydrogen) atoms. The van der Waals surface area contributed by atoms with Gasteiger partial charge in [-0.1, -0.05) is 30.4 Å². The van der Waals surface area contributed by atoms with E-state index >= 15 is 0 Å². The zero-order valence-electron chi connectivity index (χ0n) is 11.3. The lowest BCUT2D eigenvalue weighted by Gasteiger charge is -2.28. The summed E-state index contributed by atoms with van der Waals surface area (Å²) < 4.78 is 5.30. The maximum Gasteiger partial charge on any atom is 0.222 e. The average Bonchev–Trinajstić information content (AvgIpc) is 2.82. The molecular weight excluding hydrogens is 272 g/mol. The van der Waals surface area contributed by atoms with Gasteiger partial charge in [-0.05, 0) is 13.0 Å². The van der Waals surface area contributed by atoms with Crippen molar-refractivity contribution in [2.75, 3.05) is 26.3 Å². The number of morpholine rings is 1. The maximum absolute atomic E-state index is 12.7. The molecule has 1 aliphatic rings. The molecule has 0 atom stereocenters. The first-order chi connectivity index (χ1) is 9.68. The highest BCUT2D eigenvalue weighted by Gasteiger charge is 2.24. The van der Waals surface area contributed by atoms with Gasteiger partial charge in [-0.2, -0.15) is 0 Å². The van der Waals surface area contributed by atoms with E-state index in [1.807, 2.05) is 36.1 Å². The number of rotatable bonds is 2. The van der Waals surface area contributed by atoms with E-state index in [0.717, 1.165) is 16.6 Å². The highest BCUT2D eigenvalue weighted by Crippen LogP contribution is 2.23. The van der Waals surface area contributed by atoms with Crippen LogP contribution in [-0.4, -0.2) is 47.0 Å². The molecular formula is C15H16N2O2S. The Morgan fingerprint density at radius 1 is 1.30 bits per heavy atom. The third kappa shape index (κ3) is 2.23. The number of para-hydroxylation sites is 1. The standard InChI is InChI=1S/C15H16N2O2S/c1-10-13(11-4-2-3-5-12(11)16-10)14(18)15(20)17-6-8-19-9-7-17/h2-5,16H,6-9H2,1H3. The molecule has 2 aromatic rings. The van der Waals surface area contributed by atoms with E-state index in [1.54, 1.807) is 0 Å². The van der Waals surface area contributed by atoms with E-state index in [2.05, 4.69) is 4.98 Å². The summed E-state index contributed by atoms with van der Waals surface area (Å²) in [7, 11) is 0. The van der Waals surface area contributed by atoms with Gasteiger partial charge in [0.05, 0.1) is 18.8 Å². The number of carbonyl (C=O) groups excluding carboxylic acids is 1. The number of ketones is 1.